The lowest BCUT2D eigenvalue weighted by molar-refractivity contribution is -0.155. The highest BCUT2D eigenvalue weighted by Crippen LogP contribution is 2.28. The number of halogens is 1. The number of hydrogen-bond donors (Lipinski definition) is 1. The number of nitrogens with one attached hydrogen (secondary N) is 1. The molecule has 170 valence electrons. The summed E-state index contributed by atoms with van der Waals surface area (Å²) in [6.07, 6.45) is -2.15. The summed E-state index contributed by atoms with van der Waals surface area (Å²) in [5, 5.41) is 2.50. The van der Waals surface area contributed by atoms with E-state index in [2.05, 4.69) is 5.32 Å². The summed E-state index contributed by atoms with van der Waals surface area (Å²) in [6.45, 7) is 0.829. The molecule has 3 aromatic rings. The molecule has 0 saturated carbocycles. The van der Waals surface area contributed by atoms with Crippen LogP contribution in [0.3, 0.4) is 0 Å². The topological polar surface area (TPSA) is 67.9 Å². The Morgan fingerprint density at radius 3 is 2.42 bits per heavy atom. The average molecular weight is 467 g/mol. The lowest BCUT2D eigenvalue weighted by Crippen LogP contribution is -2.25. The second-order valence-corrected chi connectivity index (χ2v) is 8.46. The highest BCUT2D eigenvalue weighted by Gasteiger charge is 2.27. The van der Waals surface area contributed by atoms with Gasteiger partial charge in [0.25, 0.3) is 0 Å². The van der Waals surface area contributed by atoms with Gasteiger partial charge in [-0.25, -0.2) is 14.0 Å². The zero-order valence-corrected chi connectivity index (χ0v) is 18.6. The average Bonchev–Trinajstić information content (AvgIpc) is 3.37. The van der Waals surface area contributed by atoms with Crippen molar-refractivity contribution in [2.75, 3.05) is 28.4 Å². The lowest BCUT2D eigenvalue weighted by atomic mass is 10.1. The molecule has 1 atom stereocenters. The first-order chi connectivity index (χ1) is 16.1. The Kier molecular flexibility index (Phi) is 7.47. The monoisotopic (exact) mass is 466 g/mol. The van der Waals surface area contributed by atoms with E-state index in [1.54, 1.807) is 54.2 Å². The summed E-state index contributed by atoms with van der Waals surface area (Å²) in [5.41, 5.74) is 2.01. The number of esters is 1. The van der Waals surface area contributed by atoms with Crippen molar-refractivity contribution in [3.05, 3.63) is 95.8 Å². The summed E-state index contributed by atoms with van der Waals surface area (Å²) in [5.74, 6) is 0.549. The molecule has 8 heteroatoms. The quantitative estimate of drug-likeness (QED) is 0.472. The number of carbonyl (C=O) groups is 2. The van der Waals surface area contributed by atoms with Gasteiger partial charge in [-0.15, -0.1) is 11.8 Å². The number of carbonyl (C=O) groups excluding carboxylic acids is 2. The van der Waals surface area contributed by atoms with Crippen LogP contribution < -0.4 is 10.2 Å². The maximum absolute atomic E-state index is 14.6. The summed E-state index contributed by atoms with van der Waals surface area (Å²) in [4.78, 5) is 27.2. The van der Waals surface area contributed by atoms with E-state index in [-0.39, 0.29) is 12.3 Å². The van der Waals surface area contributed by atoms with E-state index in [0.29, 0.717) is 11.3 Å². The van der Waals surface area contributed by atoms with Crippen molar-refractivity contribution >= 4 is 35.2 Å². The molecule has 1 N–H and O–H groups in total. The second-order valence-electron chi connectivity index (χ2n) is 7.38. The maximum atomic E-state index is 14.6. The van der Waals surface area contributed by atoms with Gasteiger partial charge in [-0.3, -0.25) is 5.32 Å². The van der Waals surface area contributed by atoms with Crippen molar-refractivity contribution in [2.24, 2.45) is 0 Å². The van der Waals surface area contributed by atoms with Crippen molar-refractivity contribution in [1.29, 1.82) is 0 Å². The minimum absolute atomic E-state index is 0.0510. The molecule has 0 aromatic heterocycles. The predicted molar refractivity (Wildman–Crippen MR) is 127 cm³/mol. The largest absolute Gasteiger partial charge is 0.458 e. The van der Waals surface area contributed by atoms with Crippen molar-refractivity contribution in [3.8, 4) is 0 Å². The SMILES string of the molecule is O=C(Nc1ccc(N2CCSC2)c(F)c1)OC(C(=O)OCc1ccccc1)c1ccccc1. The molecule has 1 aliphatic rings. The predicted octanol–water partition coefficient (Wildman–Crippen LogP) is 5.37. The number of amides is 1. The Morgan fingerprint density at radius 2 is 1.76 bits per heavy atom. The van der Waals surface area contributed by atoms with Crippen LogP contribution in [0.4, 0.5) is 20.6 Å². The third-order valence-corrected chi connectivity index (χ3v) is 6.02. The Hall–Kier alpha value is -3.52. The van der Waals surface area contributed by atoms with Crippen LogP contribution in [0.25, 0.3) is 0 Å². The molecule has 1 aliphatic heterocycles. The van der Waals surface area contributed by atoms with Gasteiger partial charge in [-0.05, 0) is 23.8 Å². The van der Waals surface area contributed by atoms with Gasteiger partial charge < -0.3 is 14.4 Å². The van der Waals surface area contributed by atoms with Crippen LogP contribution in [0.2, 0.25) is 0 Å². The minimum atomic E-state index is -1.26. The van der Waals surface area contributed by atoms with E-state index in [4.69, 9.17) is 9.47 Å². The summed E-state index contributed by atoms with van der Waals surface area (Å²) >= 11 is 1.74. The molecule has 33 heavy (non-hydrogen) atoms. The fraction of sp³-hybridized carbons (Fsp3) is 0.200. The molecular formula is C25H23FN2O4S. The second kappa shape index (κ2) is 10.9. The number of rotatable bonds is 7. The van der Waals surface area contributed by atoms with Gasteiger partial charge in [0.1, 0.15) is 12.4 Å². The Balaban J connectivity index is 1.42. The molecule has 1 amide bonds. The smallest absolute Gasteiger partial charge is 0.412 e. The van der Waals surface area contributed by atoms with Gasteiger partial charge in [-0.1, -0.05) is 60.7 Å². The first-order valence-corrected chi connectivity index (χ1v) is 11.6. The summed E-state index contributed by atoms with van der Waals surface area (Å²) in [6, 6.07) is 22.3. The Labute approximate surface area is 195 Å². The third-order valence-electron chi connectivity index (χ3n) is 5.05. The van der Waals surface area contributed by atoms with Crippen molar-refractivity contribution < 1.29 is 23.5 Å². The fourth-order valence-corrected chi connectivity index (χ4v) is 4.35. The van der Waals surface area contributed by atoms with E-state index in [1.807, 2.05) is 35.2 Å². The molecule has 6 nitrogen and oxygen atoms in total. The fourth-order valence-electron chi connectivity index (χ4n) is 3.38. The van der Waals surface area contributed by atoms with E-state index in [9.17, 15) is 14.0 Å². The van der Waals surface area contributed by atoms with Crippen molar-refractivity contribution in [2.45, 2.75) is 12.7 Å². The number of ether oxygens (including phenoxy) is 2. The molecule has 1 heterocycles. The van der Waals surface area contributed by atoms with E-state index < -0.39 is 24.0 Å². The van der Waals surface area contributed by atoms with Gasteiger partial charge >= 0.3 is 12.1 Å². The van der Waals surface area contributed by atoms with E-state index in [0.717, 1.165) is 23.7 Å². The number of thioether (sulfide) groups is 1. The molecule has 0 radical (unpaired) electrons. The van der Waals surface area contributed by atoms with Gasteiger partial charge in [0, 0.05) is 23.5 Å². The van der Waals surface area contributed by atoms with Crippen LogP contribution in [0.5, 0.6) is 0 Å². The number of benzene rings is 3. The number of hydrogen-bond acceptors (Lipinski definition) is 6. The van der Waals surface area contributed by atoms with Gasteiger partial charge in [-0.2, -0.15) is 0 Å². The number of anilines is 2. The van der Waals surface area contributed by atoms with Gasteiger partial charge in [0.2, 0.25) is 6.10 Å². The molecule has 0 bridgehead atoms. The van der Waals surface area contributed by atoms with E-state index >= 15 is 0 Å². The summed E-state index contributed by atoms with van der Waals surface area (Å²) in [7, 11) is 0. The highest BCUT2D eigenvalue weighted by molar-refractivity contribution is 7.99. The van der Waals surface area contributed by atoms with Crippen LogP contribution in [0.1, 0.15) is 17.2 Å². The molecular weight excluding hydrogens is 443 g/mol. The van der Waals surface area contributed by atoms with Crippen LogP contribution in [0.15, 0.2) is 78.9 Å². The van der Waals surface area contributed by atoms with Crippen LogP contribution >= 0.6 is 11.8 Å². The number of nitrogens with zero attached hydrogens (tertiary/aromatic N) is 1. The third kappa shape index (κ3) is 6.04. The first-order valence-electron chi connectivity index (χ1n) is 10.5. The Morgan fingerprint density at radius 1 is 1.03 bits per heavy atom. The standard InChI is InChI=1S/C25H23FN2O4S/c26-21-15-20(11-12-22(21)28-13-14-33-17-28)27-25(30)32-23(19-9-5-2-6-10-19)24(29)31-16-18-7-3-1-4-8-18/h1-12,15,23H,13-14,16-17H2,(H,27,30). The van der Waals surface area contributed by atoms with E-state index in [1.165, 1.54) is 6.07 Å². The molecule has 0 aliphatic carbocycles. The Bertz CT molecular complexity index is 1090. The lowest BCUT2D eigenvalue weighted by Gasteiger charge is -2.19. The zero-order valence-electron chi connectivity index (χ0n) is 17.8. The maximum Gasteiger partial charge on any atom is 0.412 e. The minimum Gasteiger partial charge on any atom is -0.458 e. The van der Waals surface area contributed by atoms with Crippen molar-refractivity contribution in [1.82, 2.24) is 0 Å². The van der Waals surface area contributed by atoms with Gasteiger partial charge in [0.15, 0.2) is 0 Å². The van der Waals surface area contributed by atoms with Crippen LogP contribution in [-0.2, 0) is 20.9 Å². The molecule has 1 fully saturated rings. The van der Waals surface area contributed by atoms with Crippen LogP contribution in [0, 0.1) is 5.82 Å². The molecule has 4 rings (SSSR count). The van der Waals surface area contributed by atoms with Crippen molar-refractivity contribution in [3.63, 3.8) is 0 Å². The normalized spacial score (nSPS) is 13.9. The molecule has 1 unspecified atom stereocenters. The van der Waals surface area contributed by atoms with Crippen LogP contribution in [-0.4, -0.2) is 30.2 Å². The molecule has 1 saturated heterocycles. The molecule has 0 spiro atoms. The summed E-state index contributed by atoms with van der Waals surface area (Å²) < 4.78 is 25.3. The highest BCUT2D eigenvalue weighted by atomic mass is 32.2. The van der Waals surface area contributed by atoms with Gasteiger partial charge in [0.05, 0.1) is 11.6 Å². The molecule has 3 aromatic carbocycles. The first kappa shape index (κ1) is 22.7. The zero-order chi connectivity index (χ0) is 23.0.